The predicted octanol–water partition coefficient (Wildman–Crippen LogP) is 5.80. The molecule has 0 saturated carbocycles. The van der Waals surface area contributed by atoms with Crippen LogP contribution in [0, 0.1) is 5.82 Å². The van der Waals surface area contributed by atoms with Gasteiger partial charge < -0.3 is 23.4 Å². The van der Waals surface area contributed by atoms with E-state index in [1.807, 2.05) is 12.2 Å². The number of methoxy groups -OCH3 is 4. The number of fused-ring (bicyclic) bond motifs is 1. The van der Waals surface area contributed by atoms with Crippen LogP contribution in [-0.4, -0.2) is 28.4 Å². The second-order valence-corrected chi connectivity index (χ2v) is 7.37. The molecule has 0 N–H and O–H groups in total. The lowest BCUT2D eigenvalue weighted by Crippen LogP contribution is -2.04. The van der Waals surface area contributed by atoms with Gasteiger partial charge in [-0.1, -0.05) is 18.2 Å². The molecular weight excluding hydrogens is 439 g/mol. The molecule has 174 valence electrons. The average Bonchev–Trinajstić information content (AvgIpc) is 2.87. The van der Waals surface area contributed by atoms with Crippen LogP contribution in [0.15, 0.2) is 63.8 Å². The van der Waals surface area contributed by atoms with Crippen LogP contribution in [0.2, 0.25) is 0 Å². The van der Waals surface area contributed by atoms with Gasteiger partial charge >= 0.3 is 5.63 Å². The third-order valence-corrected chi connectivity index (χ3v) is 5.40. The van der Waals surface area contributed by atoms with E-state index < -0.39 is 5.63 Å². The van der Waals surface area contributed by atoms with E-state index in [0.717, 1.165) is 5.56 Å². The first kappa shape index (κ1) is 22.9. The SMILES string of the molecule is COc1cc(OC)cc(-c2oc(=O)c3cc(OC)c(OC)cc3c2/C=C/c2ccc(F)cc2)c1. The number of ether oxygens (including phenoxy) is 4. The van der Waals surface area contributed by atoms with E-state index in [4.69, 9.17) is 23.4 Å². The Balaban J connectivity index is 2.04. The van der Waals surface area contributed by atoms with Gasteiger partial charge in [-0.05, 0) is 48.0 Å². The zero-order valence-corrected chi connectivity index (χ0v) is 19.2. The van der Waals surface area contributed by atoms with Crippen molar-refractivity contribution in [2.75, 3.05) is 28.4 Å². The Hall–Kier alpha value is -4.26. The largest absolute Gasteiger partial charge is 0.497 e. The van der Waals surface area contributed by atoms with Gasteiger partial charge in [0, 0.05) is 22.6 Å². The van der Waals surface area contributed by atoms with Gasteiger partial charge in [0.2, 0.25) is 0 Å². The van der Waals surface area contributed by atoms with Crippen molar-refractivity contribution in [2.45, 2.75) is 0 Å². The normalized spacial score (nSPS) is 11.1. The van der Waals surface area contributed by atoms with Gasteiger partial charge in [0.15, 0.2) is 11.5 Å². The molecule has 1 aromatic heterocycles. The minimum atomic E-state index is -0.535. The van der Waals surface area contributed by atoms with Crippen molar-refractivity contribution in [1.29, 1.82) is 0 Å². The van der Waals surface area contributed by atoms with E-state index in [-0.39, 0.29) is 5.82 Å². The molecule has 0 fully saturated rings. The summed E-state index contributed by atoms with van der Waals surface area (Å²) < 4.78 is 40.8. The minimum absolute atomic E-state index is 0.320. The van der Waals surface area contributed by atoms with E-state index in [2.05, 4.69) is 0 Å². The van der Waals surface area contributed by atoms with Crippen molar-refractivity contribution < 1.29 is 27.8 Å². The fourth-order valence-corrected chi connectivity index (χ4v) is 3.67. The molecule has 4 rings (SSSR count). The van der Waals surface area contributed by atoms with Crippen molar-refractivity contribution >= 4 is 22.9 Å². The van der Waals surface area contributed by atoms with Crippen molar-refractivity contribution in [3.63, 3.8) is 0 Å². The Morgan fingerprint density at radius 1 is 0.735 bits per heavy atom. The van der Waals surface area contributed by atoms with Crippen molar-refractivity contribution in [1.82, 2.24) is 0 Å². The topological polar surface area (TPSA) is 67.1 Å². The summed E-state index contributed by atoms with van der Waals surface area (Å²) >= 11 is 0. The maximum atomic E-state index is 13.4. The lowest BCUT2D eigenvalue weighted by atomic mass is 9.99. The number of benzene rings is 3. The highest BCUT2D eigenvalue weighted by Gasteiger charge is 2.18. The summed E-state index contributed by atoms with van der Waals surface area (Å²) in [5.74, 6) is 1.95. The fourth-order valence-electron chi connectivity index (χ4n) is 3.67. The van der Waals surface area contributed by atoms with E-state index in [9.17, 15) is 9.18 Å². The molecule has 1 heterocycles. The molecule has 0 saturated heterocycles. The monoisotopic (exact) mass is 462 g/mol. The highest BCUT2D eigenvalue weighted by Crippen LogP contribution is 2.38. The van der Waals surface area contributed by atoms with Crippen molar-refractivity contribution in [3.05, 3.63) is 82.0 Å². The standard InChI is InChI=1S/C27H23FO6/c1-30-19-11-17(12-20(13-19)31-2)26-21(10-7-16-5-8-18(28)9-6-16)22-14-24(32-3)25(33-4)15-23(22)27(29)34-26/h5-15H,1-4H3/b10-7+. The Bertz CT molecular complexity index is 1400. The lowest BCUT2D eigenvalue weighted by molar-refractivity contribution is 0.355. The average molecular weight is 462 g/mol. The Kier molecular flexibility index (Phi) is 6.54. The van der Waals surface area contributed by atoms with Crippen LogP contribution in [0.25, 0.3) is 34.2 Å². The Labute approximate surface area is 195 Å². The maximum Gasteiger partial charge on any atom is 0.344 e. The summed E-state index contributed by atoms with van der Waals surface area (Å²) in [5, 5.41) is 0.930. The second kappa shape index (κ2) is 9.70. The quantitative estimate of drug-likeness (QED) is 0.346. The first-order valence-electron chi connectivity index (χ1n) is 10.4. The fraction of sp³-hybridized carbons (Fsp3) is 0.148. The summed E-state index contributed by atoms with van der Waals surface area (Å²) in [6.07, 6.45) is 3.62. The van der Waals surface area contributed by atoms with Crippen LogP contribution in [-0.2, 0) is 0 Å². The maximum absolute atomic E-state index is 13.4. The summed E-state index contributed by atoms with van der Waals surface area (Å²) in [5.41, 5.74) is 1.45. The molecule has 0 spiro atoms. The van der Waals surface area contributed by atoms with Gasteiger partial charge in [-0.3, -0.25) is 0 Å². The van der Waals surface area contributed by atoms with E-state index in [0.29, 0.717) is 50.7 Å². The van der Waals surface area contributed by atoms with Crippen molar-refractivity contribution in [3.8, 4) is 34.3 Å². The number of halogens is 1. The van der Waals surface area contributed by atoms with Crippen LogP contribution in [0.5, 0.6) is 23.0 Å². The molecule has 34 heavy (non-hydrogen) atoms. The highest BCUT2D eigenvalue weighted by molar-refractivity contribution is 5.98. The molecular formula is C27H23FO6. The third-order valence-electron chi connectivity index (χ3n) is 5.40. The molecule has 0 amide bonds. The van der Waals surface area contributed by atoms with Gasteiger partial charge in [-0.15, -0.1) is 0 Å². The molecule has 4 aromatic rings. The molecule has 0 aliphatic carbocycles. The minimum Gasteiger partial charge on any atom is -0.497 e. The predicted molar refractivity (Wildman–Crippen MR) is 129 cm³/mol. The Morgan fingerprint density at radius 3 is 1.88 bits per heavy atom. The van der Waals surface area contributed by atoms with E-state index in [1.54, 1.807) is 56.7 Å². The molecule has 7 heteroatoms. The van der Waals surface area contributed by atoms with Crippen LogP contribution >= 0.6 is 0 Å². The summed E-state index contributed by atoms with van der Waals surface area (Å²) in [7, 11) is 6.11. The van der Waals surface area contributed by atoms with Gasteiger partial charge in [0.05, 0.1) is 33.8 Å². The van der Waals surface area contributed by atoms with Gasteiger partial charge in [0.25, 0.3) is 0 Å². The molecule has 3 aromatic carbocycles. The van der Waals surface area contributed by atoms with Crippen LogP contribution < -0.4 is 24.6 Å². The van der Waals surface area contributed by atoms with Crippen LogP contribution in [0.1, 0.15) is 11.1 Å². The molecule has 6 nitrogen and oxygen atoms in total. The van der Waals surface area contributed by atoms with Crippen molar-refractivity contribution in [2.24, 2.45) is 0 Å². The highest BCUT2D eigenvalue weighted by atomic mass is 19.1. The molecule has 0 unspecified atom stereocenters. The van der Waals surface area contributed by atoms with E-state index >= 15 is 0 Å². The summed E-state index contributed by atoms with van der Waals surface area (Å²) in [6.45, 7) is 0. The van der Waals surface area contributed by atoms with E-state index in [1.165, 1.54) is 26.4 Å². The summed E-state index contributed by atoms with van der Waals surface area (Å²) in [4.78, 5) is 13.0. The first-order chi connectivity index (χ1) is 16.5. The smallest absolute Gasteiger partial charge is 0.344 e. The summed E-state index contributed by atoms with van der Waals surface area (Å²) in [6, 6.07) is 14.6. The molecule has 0 radical (unpaired) electrons. The van der Waals surface area contributed by atoms with Gasteiger partial charge in [-0.25, -0.2) is 9.18 Å². The zero-order valence-electron chi connectivity index (χ0n) is 19.2. The molecule has 0 aliphatic heterocycles. The number of rotatable bonds is 7. The molecule has 0 bridgehead atoms. The second-order valence-electron chi connectivity index (χ2n) is 7.37. The van der Waals surface area contributed by atoms with Gasteiger partial charge in [0.1, 0.15) is 23.1 Å². The van der Waals surface area contributed by atoms with Crippen LogP contribution in [0.4, 0.5) is 4.39 Å². The van der Waals surface area contributed by atoms with Gasteiger partial charge in [-0.2, -0.15) is 0 Å². The number of hydrogen-bond acceptors (Lipinski definition) is 6. The van der Waals surface area contributed by atoms with Crippen LogP contribution in [0.3, 0.4) is 0 Å². The molecule has 0 aliphatic rings. The Morgan fingerprint density at radius 2 is 1.32 bits per heavy atom. The lowest BCUT2D eigenvalue weighted by Gasteiger charge is -2.14. The third kappa shape index (κ3) is 4.45. The molecule has 0 atom stereocenters. The first-order valence-corrected chi connectivity index (χ1v) is 10.4. The zero-order chi connectivity index (χ0) is 24.2. The number of hydrogen-bond donors (Lipinski definition) is 0.